The quantitative estimate of drug-likeness (QED) is 0.679. The molecule has 84 valence electrons. The molecule has 0 bridgehead atoms. The van der Waals surface area contributed by atoms with E-state index in [1.54, 1.807) is 6.92 Å². The van der Waals surface area contributed by atoms with Crippen molar-refractivity contribution in [3.63, 3.8) is 0 Å². The Morgan fingerprint density at radius 1 is 1.62 bits per heavy atom. The predicted octanol–water partition coefficient (Wildman–Crippen LogP) is 1.97. The van der Waals surface area contributed by atoms with E-state index in [0.717, 1.165) is 0 Å². The Hall–Kier alpha value is -1.29. The van der Waals surface area contributed by atoms with E-state index < -0.39 is 5.97 Å². The zero-order chi connectivity index (χ0) is 12.1. The van der Waals surface area contributed by atoms with Crippen LogP contribution < -0.4 is 0 Å². The second kappa shape index (κ2) is 5.70. The Labute approximate surface area is 107 Å². The lowest BCUT2D eigenvalue weighted by Gasteiger charge is -2.06. The van der Waals surface area contributed by atoms with E-state index in [1.807, 2.05) is 28.7 Å². The summed E-state index contributed by atoms with van der Waals surface area (Å²) >= 11 is 1.95. The van der Waals surface area contributed by atoms with Gasteiger partial charge in [0.25, 0.3) is 0 Å². The Kier molecular flexibility index (Phi) is 4.55. The SMILES string of the molecule is CCOC(=O)Cc1cc(O)cc(I)c1C#N. The third-order valence-corrected chi connectivity index (χ3v) is 2.76. The van der Waals surface area contributed by atoms with Crippen LogP contribution in [0.3, 0.4) is 0 Å². The number of carbonyl (C=O) groups excluding carboxylic acids is 1. The fraction of sp³-hybridized carbons (Fsp3) is 0.273. The number of carbonyl (C=O) groups is 1. The molecule has 0 aliphatic heterocycles. The van der Waals surface area contributed by atoms with E-state index >= 15 is 0 Å². The van der Waals surface area contributed by atoms with Crippen LogP contribution in [-0.2, 0) is 16.0 Å². The summed E-state index contributed by atoms with van der Waals surface area (Å²) < 4.78 is 5.42. The molecule has 0 fully saturated rings. The van der Waals surface area contributed by atoms with Crippen LogP contribution >= 0.6 is 22.6 Å². The first-order valence-corrected chi connectivity index (χ1v) is 5.73. The number of nitrogens with zero attached hydrogens (tertiary/aromatic N) is 1. The molecule has 1 aromatic carbocycles. The molecule has 0 atom stereocenters. The molecular weight excluding hydrogens is 321 g/mol. The van der Waals surface area contributed by atoms with E-state index in [-0.39, 0.29) is 12.2 Å². The van der Waals surface area contributed by atoms with E-state index in [0.29, 0.717) is 21.3 Å². The van der Waals surface area contributed by atoms with Gasteiger partial charge in [-0.25, -0.2) is 0 Å². The van der Waals surface area contributed by atoms with Crippen molar-refractivity contribution in [1.82, 2.24) is 0 Å². The van der Waals surface area contributed by atoms with Crippen LogP contribution in [0.1, 0.15) is 18.1 Å². The average Bonchev–Trinajstić information content (AvgIpc) is 2.17. The van der Waals surface area contributed by atoms with Gasteiger partial charge in [0.15, 0.2) is 0 Å². The van der Waals surface area contributed by atoms with E-state index in [9.17, 15) is 9.90 Å². The first-order chi connectivity index (χ1) is 7.58. The maximum atomic E-state index is 11.3. The second-order valence-corrected chi connectivity index (χ2v) is 4.22. The number of halogens is 1. The van der Waals surface area contributed by atoms with Crippen LogP contribution in [-0.4, -0.2) is 17.7 Å². The Morgan fingerprint density at radius 2 is 2.31 bits per heavy atom. The van der Waals surface area contributed by atoms with Gasteiger partial charge in [-0.15, -0.1) is 0 Å². The molecule has 0 saturated heterocycles. The van der Waals surface area contributed by atoms with Gasteiger partial charge >= 0.3 is 5.97 Å². The molecule has 0 unspecified atom stereocenters. The molecule has 0 aromatic heterocycles. The van der Waals surface area contributed by atoms with Gasteiger partial charge in [-0.2, -0.15) is 5.26 Å². The van der Waals surface area contributed by atoms with Crippen LogP contribution in [0.4, 0.5) is 0 Å². The summed E-state index contributed by atoms with van der Waals surface area (Å²) in [4.78, 5) is 11.3. The number of hydrogen-bond acceptors (Lipinski definition) is 4. The first-order valence-electron chi connectivity index (χ1n) is 4.65. The Morgan fingerprint density at radius 3 is 2.88 bits per heavy atom. The van der Waals surface area contributed by atoms with Crippen molar-refractivity contribution in [3.8, 4) is 11.8 Å². The number of esters is 1. The van der Waals surface area contributed by atoms with Gasteiger partial charge in [-0.3, -0.25) is 4.79 Å². The molecule has 4 nitrogen and oxygen atoms in total. The number of ether oxygens (including phenoxy) is 1. The lowest BCUT2D eigenvalue weighted by atomic mass is 10.1. The minimum Gasteiger partial charge on any atom is -0.508 e. The number of phenolic OH excluding ortho intramolecular Hbond substituents is 1. The van der Waals surface area contributed by atoms with Crippen molar-refractivity contribution in [2.24, 2.45) is 0 Å². The first kappa shape index (κ1) is 12.8. The summed E-state index contributed by atoms with van der Waals surface area (Å²) in [7, 11) is 0. The van der Waals surface area contributed by atoms with Gasteiger partial charge < -0.3 is 9.84 Å². The van der Waals surface area contributed by atoms with Gasteiger partial charge in [-0.1, -0.05) is 0 Å². The highest BCUT2D eigenvalue weighted by Crippen LogP contribution is 2.23. The van der Waals surface area contributed by atoms with Crippen LogP contribution in [0, 0.1) is 14.9 Å². The molecule has 1 aromatic rings. The molecule has 0 aliphatic carbocycles. The van der Waals surface area contributed by atoms with Gasteiger partial charge in [-0.05, 0) is 47.2 Å². The smallest absolute Gasteiger partial charge is 0.310 e. The lowest BCUT2D eigenvalue weighted by molar-refractivity contribution is -0.142. The summed E-state index contributed by atoms with van der Waals surface area (Å²) in [6.45, 7) is 2.02. The summed E-state index contributed by atoms with van der Waals surface area (Å²) in [5.41, 5.74) is 0.900. The maximum absolute atomic E-state index is 11.3. The van der Waals surface area contributed by atoms with E-state index in [2.05, 4.69) is 0 Å². The molecule has 0 saturated carbocycles. The zero-order valence-electron chi connectivity index (χ0n) is 8.66. The highest BCUT2D eigenvalue weighted by Gasteiger charge is 2.12. The van der Waals surface area contributed by atoms with Crippen molar-refractivity contribution in [3.05, 3.63) is 26.8 Å². The standard InChI is InChI=1S/C11H10INO3/c1-2-16-11(15)4-7-3-8(14)5-10(12)9(7)6-13/h3,5,14H,2,4H2,1H3. The monoisotopic (exact) mass is 331 g/mol. The number of rotatable bonds is 3. The molecule has 0 heterocycles. The number of benzene rings is 1. The summed E-state index contributed by atoms with van der Waals surface area (Å²) in [5.74, 6) is -0.358. The van der Waals surface area contributed by atoms with Crippen molar-refractivity contribution in [1.29, 1.82) is 5.26 Å². The second-order valence-electron chi connectivity index (χ2n) is 3.06. The summed E-state index contributed by atoms with van der Waals surface area (Å²) in [5, 5.41) is 18.3. The van der Waals surface area contributed by atoms with E-state index in [1.165, 1.54) is 12.1 Å². The normalized spacial score (nSPS) is 9.56. The number of hydrogen-bond donors (Lipinski definition) is 1. The minimum absolute atomic E-state index is 0.00113. The predicted molar refractivity (Wildman–Crippen MR) is 65.9 cm³/mol. The molecule has 0 radical (unpaired) electrons. The zero-order valence-corrected chi connectivity index (χ0v) is 10.8. The third-order valence-electron chi connectivity index (χ3n) is 1.91. The number of phenols is 1. The number of nitriles is 1. The Bertz CT molecular complexity index is 451. The van der Waals surface area contributed by atoms with Gasteiger partial charge in [0.2, 0.25) is 0 Å². The van der Waals surface area contributed by atoms with Crippen molar-refractivity contribution >= 4 is 28.6 Å². The third kappa shape index (κ3) is 3.10. The molecule has 16 heavy (non-hydrogen) atoms. The molecule has 0 amide bonds. The van der Waals surface area contributed by atoms with Crippen molar-refractivity contribution in [2.45, 2.75) is 13.3 Å². The molecule has 5 heteroatoms. The largest absolute Gasteiger partial charge is 0.508 e. The molecule has 1 rings (SSSR count). The Balaban J connectivity index is 3.04. The summed E-state index contributed by atoms with van der Waals surface area (Å²) in [6, 6.07) is 4.91. The van der Waals surface area contributed by atoms with Gasteiger partial charge in [0.05, 0.1) is 18.6 Å². The molecule has 1 N–H and O–H groups in total. The fourth-order valence-corrected chi connectivity index (χ4v) is 2.07. The topological polar surface area (TPSA) is 70.3 Å². The van der Waals surface area contributed by atoms with Crippen LogP contribution in [0.25, 0.3) is 0 Å². The van der Waals surface area contributed by atoms with Gasteiger partial charge in [0, 0.05) is 3.57 Å². The van der Waals surface area contributed by atoms with E-state index in [4.69, 9.17) is 10.00 Å². The lowest BCUT2D eigenvalue weighted by Crippen LogP contribution is -2.09. The van der Waals surface area contributed by atoms with Crippen molar-refractivity contribution < 1.29 is 14.6 Å². The number of aromatic hydroxyl groups is 1. The van der Waals surface area contributed by atoms with Crippen molar-refractivity contribution in [2.75, 3.05) is 6.61 Å². The average molecular weight is 331 g/mol. The molecule has 0 aliphatic rings. The molecule has 0 spiro atoms. The highest BCUT2D eigenvalue weighted by molar-refractivity contribution is 14.1. The van der Waals surface area contributed by atoms with Crippen LogP contribution in [0.15, 0.2) is 12.1 Å². The fourth-order valence-electron chi connectivity index (χ4n) is 1.28. The maximum Gasteiger partial charge on any atom is 0.310 e. The van der Waals surface area contributed by atoms with Gasteiger partial charge in [0.1, 0.15) is 11.8 Å². The minimum atomic E-state index is -0.402. The summed E-state index contributed by atoms with van der Waals surface area (Å²) in [6.07, 6.45) is 0.00113. The van der Waals surface area contributed by atoms with Crippen LogP contribution in [0.2, 0.25) is 0 Å². The highest BCUT2D eigenvalue weighted by atomic mass is 127. The van der Waals surface area contributed by atoms with Crippen LogP contribution in [0.5, 0.6) is 5.75 Å². The molecular formula is C11H10INO3.